The highest BCUT2D eigenvalue weighted by Gasteiger charge is 2.45. The third kappa shape index (κ3) is 5.45. The third-order valence-electron chi connectivity index (χ3n) is 5.75. The summed E-state index contributed by atoms with van der Waals surface area (Å²) in [5, 5.41) is 11.2. The first kappa shape index (κ1) is 24.5. The molecule has 1 fully saturated rings. The van der Waals surface area contributed by atoms with Crippen molar-refractivity contribution >= 4 is 17.4 Å². The fraction of sp³-hybridized carbons (Fsp3) is 0.407. The van der Waals surface area contributed by atoms with E-state index in [0.29, 0.717) is 30.3 Å². The molecule has 0 spiro atoms. The van der Waals surface area contributed by atoms with Gasteiger partial charge in [0.25, 0.3) is 11.7 Å². The summed E-state index contributed by atoms with van der Waals surface area (Å²) in [6.45, 7) is 9.10. The van der Waals surface area contributed by atoms with E-state index >= 15 is 0 Å². The van der Waals surface area contributed by atoms with Gasteiger partial charge in [-0.25, -0.2) is 0 Å². The SMILES string of the molecule is CC(C)Oc1ccc(/C(O)=C2\C(=O)C(=O)N(CCN(C)C)[C@H]2c2ccc(C(C)C)cc2)cc1. The summed E-state index contributed by atoms with van der Waals surface area (Å²) in [4.78, 5) is 29.6. The van der Waals surface area contributed by atoms with Gasteiger partial charge in [-0.05, 0) is 69.3 Å². The van der Waals surface area contributed by atoms with Crippen molar-refractivity contribution < 1.29 is 19.4 Å². The number of nitrogens with zero attached hydrogens (tertiary/aromatic N) is 2. The minimum Gasteiger partial charge on any atom is -0.507 e. The smallest absolute Gasteiger partial charge is 0.295 e. The molecule has 0 saturated carbocycles. The van der Waals surface area contributed by atoms with Gasteiger partial charge in [0.05, 0.1) is 17.7 Å². The molecule has 3 rings (SSSR count). The maximum absolute atomic E-state index is 13.1. The lowest BCUT2D eigenvalue weighted by atomic mass is 9.93. The average Bonchev–Trinajstić information content (AvgIpc) is 3.02. The van der Waals surface area contributed by atoms with Crippen LogP contribution in [0.3, 0.4) is 0 Å². The molecule has 1 atom stereocenters. The van der Waals surface area contributed by atoms with Crippen molar-refractivity contribution in [1.29, 1.82) is 0 Å². The Morgan fingerprint density at radius 3 is 2.12 bits per heavy atom. The van der Waals surface area contributed by atoms with E-state index in [9.17, 15) is 14.7 Å². The van der Waals surface area contributed by atoms with Crippen LogP contribution in [0.5, 0.6) is 5.75 Å². The van der Waals surface area contributed by atoms with Crippen LogP contribution < -0.4 is 4.74 Å². The van der Waals surface area contributed by atoms with E-state index < -0.39 is 17.7 Å². The lowest BCUT2D eigenvalue weighted by molar-refractivity contribution is -0.140. The maximum atomic E-state index is 13.1. The second kappa shape index (κ2) is 10.2. The zero-order valence-corrected chi connectivity index (χ0v) is 20.3. The van der Waals surface area contributed by atoms with Gasteiger partial charge in [0.15, 0.2) is 0 Å². The molecule has 1 aliphatic rings. The van der Waals surface area contributed by atoms with Crippen LogP contribution in [0.4, 0.5) is 0 Å². The number of amides is 1. The predicted molar refractivity (Wildman–Crippen MR) is 130 cm³/mol. The minimum atomic E-state index is -0.660. The van der Waals surface area contributed by atoms with E-state index in [0.717, 1.165) is 5.56 Å². The number of ketones is 1. The Hall–Kier alpha value is -3.12. The molecule has 1 heterocycles. The molecular formula is C27H34N2O4. The third-order valence-corrected chi connectivity index (χ3v) is 5.75. The van der Waals surface area contributed by atoms with Crippen LogP contribution >= 0.6 is 0 Å². The van der Waals surface area contributed by atoms with Gasteiger partial charge < -0.3 is 19.6 Å². The van der Waals surface area contributed by atoms with Crippen LogP contribution in [0.1, 0.15) is 56.3 Å². The van der Waals surface area contributed by atoms with Gasteiger partial charge in [0, 0.05) is 18.7 Å². The predicted octanol–water partition coefficient (Wildman–Crippen LogP) is 4.58. The number of likely N-dealkylation sites (N-methyl/N-ethyl adjacent to an activating group) is 1. The molecule has 6 nitrogen and oxygen atoms in total. The molecular weight excluding hydrogens is 416 g/mol. The van der Waals surface area contributed by atoms with Crippen molar-refractivity contribution in [3.05, 3.63) is 70.8 Å². The van der Waals surface area contributed by atoms with Crippen molar-refractivity contribution in [2.45, 2.75) is 45.8 Å². The number of aliphatic hydroxyl groups is 1. The number of likely N-dealkylation sites (tertiary alicyclic amines) is 1. The standard InChI is InChI=1S/C27H34N2O4/c1-17(2)19-7-9-20(10-8-19)24-23(26(31)27(32)29(24)16-15-28(5)6)25(30)21-11-13-22(14-12-21)33-18(3)4/h7-14,17-18,24,30H,15-16H2,1-6H3/b25-23+/t24-/m0/s1. The molecule has 2 aromatic rings. The highest BCUT2D eigenvalue weighted by atomic mass is 16.5. The van der Waals surface area contributed by atoms with Gasteiger partial charge >= 0.3 is 0 Å². The molecule has 33 heavy (non-hydrogen) atoms. The highest BCUT2D eigenvalue weighted by Crippen LogP contribution is 2.39. The Balaban J connectivity index is 2.07. The first-order chi connectivity index (χ1) is 15.6. The molecule has 0 aromatic heterocycles. The minimum absolute atomic E-state index is 0.0280. The number of hydrogen-bond acceptors (Lipinski definition) is 5. The number of aliphatic hydroxyl groups excluding tert-OH is 1. The molecule has 1 N–H and O–H groups in total. The number of Topliss-reactive ketones (excluding diaryl/α,β-unsaturated/α-hetero) is 1. The van der Waals surface area contributed by atoms with E-state index in [-0.39, 0.29) is 17.4 Å². The van der Waals surface area contributed by atoms with Gasteiger partial charge in [-0.2, -0.15) is 0 Å². The van der Waals surface area contributed by atoms with Gasteiger partial charge in [-0.15, -0.1) is 0 Å². The van der Waals surface area contributed by atoms with Crippen molar-refractivity contribution in [3.63, 3.8) is 0 Å². The highest BCUT2D eigenvalue weighted by molar-refractivity contribution is 6.46. The topological polar surface area (TPSA) is 70.1 Å². The Morgan fingerprint density at radius 2 is 1.61 bits per heavy atom. The van der Waals surface area contributed by atoms with Gasteiger partial charge in [-0.1, -0.05) is 38.1 Å². The molecule has 0 unspecified atom stereocenters. The number of carbonyl (C=O) groups is 2. The lowest BCUT2D eigenvalue weighted by Crippen LogP contribution is -2.35. The van der Waals surface area contributed by atoms with Crippen LogP contribution in [0.2, 0.25) is 0 Å². The van der Waals surface area contributed by atoms with Gasteiger partial charge in [-0.3, -0.25) is 9.59 Å². The molecule has 1 amide bonds. The lowest BCUT2D eigenvalue weighted by Gasteiger charge is -2.27. The van der Waals surface area contributed by atoms with Crippen molar-refractivity contribution in [2.75, 3.05) is 27.2 Å². The van der Waals surface area contributed by atoms with Crippen LogP contribution in [-0.4, -0.2) is 59.9 Å². The molecule has 176 valence electrons. The molecule has 1 aliphatic heterocycles. The molecule has 2 aromatic carbocycles. The fourth-order valence-corrected chi connectivity index (χ4v) is 3.95. The quantitative estimate of drug-likeness (QED) is 0.362. The van der Waals surface area contributed by atoms with E-state index in [1.54, 1.807) is 29.2 Å². The van der Waals surface area contributed by atoms with E-state index in [4.69, 9.17) is 4.74 Å². The Bertz CT molecular complexity index is 1020. The van der Waals surface area contributed by atoms with Crippen molar-refractivity contribution in [2.24, 2.45) is 0 Å². The molecule has 6 heteroatoms. The van der Waals surface area contributed by atoms with Crippen LogP contribution in [-0.2, 0) is 9.59 Å². The van der Waals surface area contributed by atoms with Gasteiger partial charge in [0.2, 0.25) is 0 Å². The number of benzene rings is 2. The Morgan fingerprint density at radius 1 is 1.00 bits per heavy atom. The Kier molecular flexibility index (Phi) is 7.59. The van der Waals surface area contributed by atoms with Crippen LogP contribution in [0.25, 0.3) is 5.76 Å². The number of carbonyl (C=O) groups excluding carboxylic acids is 2. The van der Waals surface area contributed by atoms with E-state index in [1.165, 1.54) is 5.56 Å². The number of hydrogen-bond donors (Lipinski definition) is 1. The molecule has 0 aliphatic carbocycles. The average molecular weight is 451 g/mol. The van der Waals surface area contributed by atoms with E-state index in [1.807, 2.05) is 57.1 Å². The van der Waals surface area contributed by atoms with Crippen LogP contribution in [0.15, 0.2) is 54.1 Å². The summed E-state index contributed by atoms with van der Waals surface area (Å²) in [7, 11) is 3.84. The zero-order valence-electron chi connectivity index (χ0n) is 20.3. The Labute approximate surface area is 196 Å². The van der Waals surface area contributed by atoms with Crippen molar-refractivity contribution in [1.82, 2.24) is 9.80 Å². The van der Waals surface area contributed by atoms with E-state index in [2.05, 4.69) is 13.8 Å². The number of ether oxygens (including phenoxy) is 1. The summed E-state index contributed by atoms with van der Waals surface area (Å²) in [5.74, 6) is -0.378. The first-order valence-electron chi connectivity index (χ1n) is 11.4. The monoisotopic (exact) mass is 450 g/mol. The maximum Gasteiger partial charge on any atom is 0.295 e. The first-order valence-corrected chi connectivity index (χ1v) is 11.4. The summed E-state index contributed by atoms with van der Waals surface area (Å²) >= 11 is 0. The number of rotatable bonds is 8. The zero-order chi connectivity index (χ0) is 24.3. The summed E-state index contributed by atoms with van der Waals surface area (Å²) in [6, 6.07) is 14.2. The molecule has 0 bridgehead atoms. The summed E-state index contributed by atoms with van der Waals surface area (Å²) in [5.41, 5.74) is 2.57. The second-order valence-corrected chi connectivity index (χ2v) is 9.31. The normalized spacial score (nSPS) is 18.1. The van der Waals surface area contributed by atoms with Gasteiger partial charge in [0.1, 0.15) is 11.5 Å². The van der Waals surface area contributed by atoms with Crippen LogP contribution in [0, 0.1) is 0 Å². The summed E-state index contributed by atoms with van der Waals surface area (Å²) < 4.78 is 5.67. The second-order valence-electron chi connectivity index (χ2n) is 9.31. The van der Waals surface area contributed by atoms with Crippen molar-refractivity contribution in [3.8, 4) is 5.75 Å². The largest absolute Gasteiger partial charge is 0.507 e. The summed E-state index contributed by atoms with van der Waals surface area (Å²) in [6.07, 6.45) is 0.0280. The molecule has 1 saturated heterocycles. The molecule has 0 radical (unpaired) electrons. The fourth-order valence-electron chi connectivity index (χ4n) is 3.95.